The van der Waals surface area contributed by atoms with Gasteiger partial charge in [0, 0.05) is 0 Å². The van der Waals surface area contributed by atoms with Crippen molar-refractivity contribution in [3.63, 3.8) is 0 Å². The summed E-state index contributed by atoms with van der Waals surface area (Å²) in [6.07, 6.45) is 3.06. The average molecular weight is 302 g/mol. The van der Waals surface area contributed by atoms with E-state index in [0.717, 1.165) is 5.56 Å². The van der Waals surface area contributed by atoms with Crippen molar-refractivity contribution < 1.29 is 4.42 Å². The van der Waals surface area contributed by atoms with Crippen LogP contribution < -0.4 is 0 Å². The minimum Gasteiger partial charge on any atom is -0.463 e. The topological polar surface area (TPSA) is 93.4 Å². The number of rotatable bonds is 3. The molecule has 7 heteroatoms. The van der Waals surface area contributed by atoms with Gasteiger partial charge in [-0.05, 0) is 29.8 Å². The van der Waals surface area contributed by atoms with Crippen molar-refractivity contribution in [2.75, 3.05) is 0 Å². The summed E-state index contributed by atoms with van der Waals surface area (Å²) in [4.78, 5) is 8.51. The smallest absolute Gasteiger partial charge is 0.182 e. The lowest BCUT2D eigenvalue weighted by Crippen LogP contribution is -2.03. The first kappa shape index (κ1) is 13.2. The van der Waals surface area contributed by atoms with Crippen molar-refractivity contribution in [1.29, 1.82) is 5.26 Å². The maximum Gasteiger partial charge on any atom is 0.182 e. The van der Waals surface area contributed by atoms with Gasteiger partial charge in [-0.1, -0.05) is 17.3 Å². The van der Waals surface area contributed by atoms with Gasteiger partial charge in [0.25, 0.3) is 0 Å². The molecule has 3 heterocycles. The molecular weight excluding hydrogens is 292 g/mol. The maximum absolute atomic E-state index is 8.84. The van der Waals surface area contributed by atoms with E-state index in [2.05, 4.69) is 26.3 Å². The van der Waals surface area contributed by atoms with Gasteiger partial charge in [0.15, 0.2) is 16.9 Å². The molecule has 0 saturated heterocycles. The Bertz CT molecular complexity index is 995. The van der Waals surface area contributed by atoms with Crippen molar-refractivity contribution in [2.24, 2.45) is 0 Å². The van der Waals surface area contributed by atoms with E-state index in [4.69, 9.17) is 9.68 Å². The molecule has 0 amide bonds. The van der Waals surface area contributed by atoms with Crippen LogP contribution in [0.15, 0.2) is 53.4 Å². The van der Waals surface area contributed by atoms with Crippen molar-refractivity contribution in [3.8, 4) is 17.5 Å². The molecule has 0 unspecified atom stereocenters. The molecule has 0 aliphatic carbocycles. The van der Waals surface area contributed by atoms with Crippen LogP contribution in [0.5, 0.6) is 0 Å². The summed E-state index contributed by atoms with van der Waals surface area (Å²) in [6.45, 7) is 0.511. The molecule has 110 valence electrons. The third kappa shape index (κ3) is 2.32. The first-order chi connectivity index (χ1) is 11.3. The van der Waals surface area contributed by atoms with Crippen LogP contribution >= 0.6 is 0 Å². The van der Waals surface area contributed by atoms with Crippen molar-refractivity contribution in [1.82, 2.24) is 25.0 Å². The lowest BCUT2D eigenvalue weighted by molar-refractivity contribution is 0.580. The van der Waals surface area contributed by atoms with E-state index in [-0.39, 0.29) is 0 Å². The Morgan fingerprint density at radius 1 is 1.13 bits per heavy atom. The second-order valence-electron chi connectivity index (χ2n) is 4.93. The fraction of sp³-hybridized carbons (Fsp3) is 0.0625. The highest BCUT2D eigenvalue weighted by Crippen LogP contribution is 2.23. The van der Waals surface area contributed by atoms with Crippen molar-refractivity contribution >= 4 is 11.2 Å². The van der Waals surface area contributed by atoms with Crippen LogP contribution in [-0.2, 0) is 6.54 Å². The van der Waals surface area contributed by atoms with Gasteiger partial charge >= 0.3 is 0 Å². The van der Waals surface area contributed by atoms with E-state index in [1.54, 1.807) is 29.1 Å². The van der Waals surface area contributed by atoms with Gasteiger partial charge in [0.05, 0.1) is 24.4 Å². The predicted molar refractivity (Wildman–Crippen MR) is 81.1 cm³/mol. The summed E-state index contributed by atoms with van der Waals surface area (Å²) in [5.74, 6) is 0.628. The summed E-state index contributed by atoms with van der Waals surface area (Å²) in [7, 11) is 0. The predicted octanol–water partition coefficient (Wildman–Crippen LogP) is 2.40. The second kappa shape index (κ2) is 5.35. The number of hydrogen-bond acceptors (Lipinski definition) is 6. The van der Waals surface area contributed by atoms with Crippen molar-refractivity contribution in [2.45, 2.75) is 6.54 Å². The Morgan fingerprint density at radius 2 is 2.00 bits per heavy atom. The summed E-state index contributed by atoms with van der Waals surface area (Å²) in [5.41, 5.74) is 3.48. The monoisotopic (exact) mass is 302 g/mol. The Kier molecular flexibility index (Phi) is 3.06. The number of nitriles is 1. The molecule has 7 nitrogen and oxygen atoms in total. The zero-order valence-electron chi connectivity index (χ0n) is 11.9. The molecule has 0 spiro atoms. The number of furan rings is 1. The van der Waals surface area contributed by atoms with Crippen LogP contribution in [0.4, 0.5) is 0 Å². The maximum atomic E-state index is 8.84. The summed E-state index contributed by atoms with van der Waals surface area (Å²) in [5, 5.41) is 17.2. The van der Waals surface area contributed by atoms with Gasteiger partial charge in [-0.2, -0.15) is 5.26 Å². The zero-order chi connectivity index (χ0) is 15.6. The van der Waals surface area contributed by atoms with Gasteiger partial charge in [0.2, 0.25) is 0 Å². The summed E-state index contributed by atoms with van der Waals surface area (Å²) < 4.78 is 7.08. The van der Waals surface area contributed by atoms with E-state index in [0.29, 0.717) is 34.7 Å². The molecule has 0 aliphatic heterocycles. The van der Waals surface area contributed by atoms with E-state index in [9.17, 15) is 0 Å². The number of nitrogens with zero attached hydrogens (tertiary/aromatic N) is 6. The molecule has 0 bridgehead atoms. The minimum absolute atomic E-state index is 0.511. The first-order valence-electron chi connectivity index (χ1n) is 6.92. The number of benzene rings is 1. The van der Waals surface area contributed by atoms with E-state index in [1.165, 1.54) is 6.33 Å². The SMILES string of the molecule is N#Cc1ccc(Cn2nnc3c(-c4ccco4)ncnc32)cc1. The van der Waals surface area contributed by atoms with Crippen LogP contribution in [0, 0.1) is 11.3 Å². The standard InChI is InChI=1S/C16H10N6O/c17-8-11-3-5-12(6-4-11)9-22-16-15(20-21-22)14(18-10-19-16)13-2-1-7-23-13/h1-7,10H,9H2. The van der Waals surface area contributed by atoms with Crippen molar-refractivity contribution in [3.05, 3.63) is 60.1 Å². The fourth-order valence-corrected chi connectivity index (χ4v) is 2.35. The first-order valence-corrected chi connectivity index (χ1v) is 6.92. The molecule has 1 aromatic carbocycles. The Balaban J connectivity index is 1.74. The minimum atomic E-state index is 0.511. The third-order valence-corrected chi connectivity index (χ3v) is 3.47. The molecule has 0 saturated carbocycles. The molecule has 0 aliphatic rings. The van der Waals surface area contributed by atoms with E-state index < -0.39 is 0 Å². The lowest BCUT2D eigenvalue weighted by atomic mass is 10.1. The van der Waals surface area contributed by atoms with Crippen LogP contribution in [0.2, 0.25) is 0 Å². The Hall–Kier alpha value is -3.53. The normalized spacial score (nSPS) is 10.7. The quantitative estimate of drug-likeness (QED) is 0.577. The van der Waals surface area contributed by atoms with Gasteiger partial charge in [-0.25, -0.2) is 14.6 Å². The van der Waals surface area contributed by atoms with Crippen LogP contribution in [-0.4, -0.2) is 25.0 Å². The number of aromatic nitrogens is 5. The largest absolute Gasteiger partial charge is 0.463 e. The molecule has 4 rings (SSSR count). The van der Waals surface area contributed by atoms with E-state index in [1.807, 2.05) is 18.2 Å². The molecule has 0 fully saturated rings. The highest BCUT2D eigenvalue weighted by molar-refractivity contribution is 5.84. The molecule has 0 radical (unpaired) electrons. The van der Waals surface area contributed by atoms with Gasteiger partial charge < -0.3 is 4.42 Å². The third-order valence-electron chi connectivity index (χ3n) is 3.47. The molecule has 4 aromatic rings. The van der Waals surface area contributed by atoms with Crippen LogP contribution in [0.25, 0.3) is 22.6 Å². The highest BCUT2D eigenvalue weighted by atomic mass is 16.3. The number of hydrogen-bond donors (Lipinski definition) is 0. The van der Waals surface area contributed by atoms with Gasteiger partial charge in [0.1, 0.15) is 12.0 Å². The van der Waals surface area contributed by atoms with E-state index >= 15 is 0 Å². The van der Waals surface area contributed by atoms with Crippen LogP contribution in [0.1, 0.15) is 11.1 Å². The molecule has 3 aromatic heterocycles. The fourth-order valence-electron chi connectivity index (χ4n) is 2.35. The number of fused-ring (bicyclic) bond motifs is 1. The average Bonchev–Trinajstić information content (AvgIpc) is 3.26. The molecule has 0 atom stereocenters. The Morgan fingerprint density at radius 3 is 2.74 bits per heavy atom. The Labute approximate surface area is 130 Å². The second-order valence-corrected chi connectivity index (χ2v) is 4.93. The highest BCUT2D eigenvalue weighted by Gasteiger charge is 2.15. The summed E-state index contributed by atoms with van der Waals surface area (Å²) >= 11 is 0. The van der Waals surface area contributed by atoms with Gasteiger partial charge in [-0.3, -0.25) is 0 Å². The molecule has 23 heavy (non-hydrogen) atoms. The van der Waals surface area contributed by atoms with Crippen LogP contribution in [0.3, 0.4) is 0 Å². The molecular formula is C16H10N6O. The zero-order valence-corrected chi connectivity index (χ0v) is 11.9. The summed E-state index contributed by atoms with van der Waals surface area (Å²) in [6, 6.07) is 13.0. The lowest BCUT2D eigenvalue weighted by Gasteiger charge is -2.02. The molecule has 0 N–H and O–H groups in total. The van der Waals surface area contributed by atoms with Gasteiger partial charge in [-0.15, -0.1) is 5.10 Å².